The standard InChI is InChI=1S/C19H20N2O3/c1-13(18(22)23)17(15-8-3-2-4-9-15)20-19(24)21-12-11-14-7-5-6-10-16(14)21/h2-10,13,17H,11-12H2,1H3,(H,20,24)(H,22,23). The van der Waals surface area contributed by atoms with E-state index in [1.807, 2.05) is 54.6 Å². The number of carboxylic acids is 1. The van der Waals surface area contributed by atoms with E-state index in [1.54, 1.807) is 11.8 Å². The summed E-state index contributed by atoms with van der Waals surface area (Å²) in [5, 5.41) is 12.3. The minimum absolute atomic E-state index is 0.262. The lowest BCUT2D eigenvalue weighted by molar-refractivity contribution is -0.142. The number of rotatable bonds is 4. The van der Waals surface area contributed by atoms with Crippen LogP contribution in [0.3, 0.4) is 0 Å². The van der Waals surface area contributed by atoms with Gasteiger partial charge in [-0.15, -0.1) is 0 Å². The number of amides is 2. The van der Waals surface area contributed by atoms with Crippen LogP contribution in [-0.4, -0.2) is 23.7 Å². The van der Waals surface area contributed by atoms with Gasteiger partial charge in [-0.2, -0.15) is 0 Å². The molecule has 24 heavy (non-hydrogen) atoms. The molecular formula is C19H20N2O3. The van der Waals surface area contributed by atoms with Gasteiger partial charge in [0.1, 0.15) is 0 Å². The van der Waals surface area contributed by atoms with E-state index in [1.165, 1.54) is 0 Å². The van der Waals surface area contributed by atoms with Crippen LogP contribution in [0.4, 0.5) is 10.5 Å². The van der Waals surface area contributed by atoms with Crippen LogP contribution < -0.4 is 10.2 Å². The number of benzene rings is 2. The molecule has 2 aromatic carbocycles. The van der Waals surface area contributed by atoms with Crippen LogP contribution in [0.15, 0.2) is 54.6 Å². The molecule has 2 unspecified atom stereocenters. The first-order valence-electron chi connectivity index (χ1n) is 8.01. The van der Waals surface area contributed by atoms with E-state index >= 15 is 0 Å². The van der Waals surface area contributed by atoms with Crippen LogP contribution in [0.25, 0.3) is 0 Å². The summed E-state index contributed by atoms with van der Waals surface area (Å²) in [6.07, 6.45) is 0.814. The van der Waals surface area contributed by atoms with Gasteiger partial charge in [-0.1, -0.05) is 48.5 Å². The second-order valence-electron chi connectivity index (χ2n) is 6.00. The Morgan fingerprint density at radius 2 is 1.75 bits per heavy atom. The number of anilines is 1. The van der Waals surface area contributed by atoms with E-state index in [4.69, 9.17) is 0 Å². The fourth-order valence-corrected chi connectivity index (χ4v) is 3.06. The summed E-state index contributed by atoms with van der Waals surface area (Å²) in [7, 11) is 0. The highest BCUT2D eigenvalue weighted by atomic mass is 16.4. The lowest BCUT2D eigenvalue weighted by Crippen LogP contribution is -2.43. The average Bonchev–Trinajstić information content (AvgIpc) is 3.04. The Labute approximate surface area is 140 Å². The molecule has 0 aliphatic carbocycles. The fraction of sp³-hybridized carbons (Fsp3) is 0.263. The summed E-state index contributed by atoms with van der Waals surface area (Å²) in [5.74, 6) is -1.67. The number of carbonyl (C=O) groups excluding carboxylic acids is 1. The van der Waals surface area contributed by atoms with Gasteiger partial charge in [-0.25, -0.2) is 4.79 Å². The zero-order chi connectivity index (χ0) is 17.1. The molecule has 2 aromatic rings. The van der Waals surface area contributed by atoms with Gasteiger partial charge in [0.15, 0.2) is 0 Å². The average molecular weight is 324 g/mol. The molecule has 1 heterocycles. The topological polar surface area (TPSA) is 69.6 Å². The van der Waals surface area contributed by atoms with Crippen molar-refractivity contribution < 1.29 is 14.7 Å². The van der Waals surface area contributed by atoms with Crippen LogP contribution in [0.2, 0.25) is 0 Å². The predicted octanol–water partition coefficient (Wildman–Crippen LogP) is 3.22. The van der Waals surface area contributed by atoms with Crippen LogP contribution in [0.1, 0.15) is 24.1 Å². The largest absolute Gasteiger partial charge is 0.481 e. The van der Waals surface area contributed by atoms with Gasteiger partial charge in [0.25, 0.3) is 0 Å². The van der Waals surface area contributed by atoms with Gasteiger partial charge in [0.2, 0.25) is 0 Å². The smallest absolute Gasteiger partial charge is 0.322 e. The summed E-state index contributed by atoms with van der Waals surface area (Å²) in [5.41, 5.74) is 2.81. The van der Waals surface area contributed by atoms with Crippen molar-refractivity contribution in [2.24, 2.45) is 5.92 Å². The third-order valence-corrected chi connectivity index (χ3v) is 4.46. The van der Waals surface area contributed by atoms with E-state index in [9.17, 15) is 14.7 Å². The maximum absolute atomic E-state index is 12.7. The number of urea groups is 1. The molecule has 2 N–H and O–H groups in total. The predicted molar refractivity (Wildman–Crippen MR) is 92.0 cm³/mol. The Balaban J connectivity index is 1.83. The first-order valence-corrected chi connectivity index (χ1v) is 8.01. The van der Waals surface area contributed by atoms with Crippen molar-refractivity contribution in [2.75, 3.05) is 11.4 Å². The first-order chi connectivity index (χ1) is 11.6. The quantitative estimate of drug-likeness (QED) is 0.907. The van der Waals surface area contributed by atoms with E-state index in [0.717, 1.165) is 23.2 Å². The van der Waals surface area contributed by atoms with Crippen molar-refractivity contribution >= 4 is 17.7 Å². The molecule has 124 valence electrons. The minimum atomic E-state index is -0.939. The van der Waals surface area contributed by atoms with Gasteiger partial charge in [0, 0.05) is 12.2 Å². The Bertz CT molecular complexity index is 745. The molecule has 0 bridgehead atoms. The summed E-state index contributed by atoms with van der Waals surface area (Å²) in [6, 6.07) is 16.2. The van der Waals surface area contributed by atoms with Crippen molar-refractivity contribution in [2.45, 2.75) is 19.4 Å². The van der Waals surface area contributed by atoms with Crippen molar-refractivity contribution in [3.63, 3.8) is 0 Å². The summed E-state index contributed by atoms with van der Waals surface area (Å²) in [6.45, 7) is 2.21. The highest BCUT2D eigenvalue weighted by Gasteiger charge is 2.30. The number of para-hydroxylation sites is 1. The van der Waals surface area contributed by atoms with Crippen LogP contribution in [-0.2, 0) is 11.2 Å². The minimum Gasteiger partial charge on any atom is -0.481 e. The Morgan fingerprint density at radius 3 is 2.46 bits per heavy atom. The summed E-state index contributed by atoms with van der Waals surface area (Å²) < 4.78 is 0. The monoisotopic (exact) mass is 324 g/mol. The molecular weight excluding hydrogens is 304 g/mol. The van der Waals surface area contributed by atoms with E-state index < -0.39 is 17.9 Å². The number of nitrogens with one attached hydrogen (secondary N) is 1. The second kappa shape index (κ2) is 6.74. The van der Waals surface area contributed by atoms with Crippen LogP contribution in [0, 0.1) is 5.92 Å². The zero-order valence-electron chi connectivity index (χ0n) is 13.5. The van der Waals surface area contributed by atoms with E-state index in [-0.39, 0.29) is 6.03 Å². The first kappa shape index (κ1) is 16.1. The number of carboxylic acid groups (broad SMARTS) is 1. The van der Waals surface area contributed by atoms with Crippen LogP contribution in [0.5, 0.6) is 0 Å². The number of aliphatic carboxylic acids is 1. The van der Waals surface area contributed by atoms with Gasteiger partial charge < -0.3 is 10.4 Å². The number of nitrogens with zero attached hydrogens (tertiary/aromatic N) is 1. The molecule has 0 aromatic heterocycles. The lowest BCUT2D eigenvalue weighted by atomic mass is 9.94. The normalized spacial score (nSPS) is 15.5. The maximum Gasteiger partial charge on any atom is 0.322 e. The Morgan fingerprint density at radius 1 is 1.08 bits per heavy atom. The number of hydrogen-bond acceptors (Lipinski definition) is 2. The van der Waals surface area contributed by atoms with Crippen molar-refractivity contribution in [1.29, 1.82) is 0 Å². The highest BCUT2D eigenvalue weighted by molar-refractivity contribution is 5.94. The Kier molecular flexibility index (Phi) is 4.51. The third kappa shape index (κ3) is 3.11. The number of hydrogen-bond donors (Lipinski definition) is 2. The second-order valence-corrected chi connectivity index (χ2v) is 6.00. The molecule has 2 atom stereocenters. The summed E-state index contributed by atoms with van der Waals surface area (Å²) >= 11 is 0. The van der Waals surface area contributed by atoms with Crippen LogP contribution >= 0.6 is 0 Å². The van der Waals surface area contributed by atoms with E-state index in [0.29, 0.717) is 6.54 Å². The molecule has 1 aliphatic heterocycles. The molecule has 1 aliphatic rings. The third-order valence-electron chi connectivity index (χ3n) is 4.46. The van der Waals surface area contributed by atoms with Crippen molar-refractivity contribution in [1.82, 2.24) is 5.32 Å². The highest BCUT2D eigenvalue weighted by Crippen LogP contribution is 2.29. The maximum atomic E-state index is 12.7. The van der Waals surface area contributed by atoms with Gasteiger partial charge in [-0.3, -0.25) is 9.69 Å². The van der Waals surface area contributed by atoms with Crippen molar-refractivity contribution in [3.8, 4) is 0 Å². The molecule has 0 saturated carbocycles. The van der Waals surface area contributed by atoms with Gasteiger partial charge >= 0.3 is 12.0 Å². The molecule has 0 spiro atoms. The molecule has 3 rings (SSSR count). The zero-order valence-corrected chi connectivity index (χ0v) is 13.5. The lowest BCUT2D eigenvalue weighted by Gasteiger charge is -2.26. The molecule has 0 saturated heterocycles. The number of fused-ring (bicyclic) bond motifs is 1. The van der Waals surface area contributed by atoms with E-state index in [2.05, 4.69) is 5.32 Å². The molecule has 0 fully saturated rings. The Hall–Kier alpha value is -2.82. The fourth-order valence-electron chi connectivity index (χ4n) is 3.06. The molecule has 2 amide bonds. The van der Waals surface area contributed by atoms with Gasteiger partial charge in [-0.05, 0) is 30.5 Å². The van der Waals surface area contributed by atoms with Crippen molar-refractivity contribution in [3.05, 3.63) is 65.7 Å². The van der Waals surface area contributed by atoms with Gasteiger partial charge in [0.05, 0.1) is 12.0 Å². The molecule has 0 radical (unpaired) electrons. The SMILES string of the molecule is CC(C(=O)O)C(NC(=O)N1CCc2ccccc21)c1ccccc1. The number of carbonyl (C=O) groups is 2. The molecule has 5 nitrogen and oxygen atoms in total. The molecule has 5 heteroatoms. The summed E-state index contributed by atoms with van der Waals surface area (Å²) in [4.78, 5) is 25.9.